The molecule has 0 bridgehead atoms. The zero-order valence-corrected chi connectivity index (χ0v) is 12.4. The summed E-state index contributed by atoms with van der Waals surface area (Å²) >= 11 is 0. The molecule has 0 aromatic rings. The van der Waals surface area contributed by atoms with Gasteiger partial charge in [-0.2, -0.15) is 0 Å². The molecule has 2 heterocycles. The van der Waals surface area contributed by atoms with Gasteiger partial charge in [-0.3, -0.25) is 9.80 Å². The summed E-state index contributed by atoms with van der Waals surface area (Å²) < 4.78 is 5.93. The van der Waals surface area contributed by atoms with Crippen LogP contribution in [0.1, 0.15) is 27.7 Å². The topological polar surface area (TPSA) is 27.7 Å². The third kappa shape index (κ3) is 3.67. The monoisotopic (exact) mass is 255 g/mol. The lowest BCUT2D eigenvalue weighted by Crippen LogP contribution is -2.62. The van der Waals surface area contributed by atoms with Gasteiger partial charge in [0, 0.05) is 44.3 Å². The fourth-order valence-corrected chi connectivity index (χ4v) is 2.96. The first kappa shape index (κ1) is 14.3. The minimum Gasteiger partial charge on any atom is -0.374 e. The average molecular weight is 255 g/mol. The Labute approximate surface area is 112 Å². The summed E-state index contributed by atoms with van der Waals surface area (Å²) in [6.07, 6.45) is 0.384. The molecule has 1 N–H and O–H groups in total. The summed E-state index contributed by atoms with van der Waals surface area (Å²) in [4.78, 5) is 5.08. The summed E-state index contributed by atoms with van der Waals surface area (Å²) in [5.74, 6) is 0. The van der Waals surface area contributed by atoms with Gasteiger partial charge in [-0.15, -0.1) is 0 Å². The molecule has 2 aliphatic rings. The van der Waals surface area contributed by atoms with Crippen molar-refractivity contribution in [2.24, 2.45) is 0 Å². The highest BCUT2D eigenvalue weighted by Gasteiger charge is 2.32. The Bertz CT molecular complexity index is 270. The van der Waals surface area contributed by atoms with Gasteiger partial charge in [0.1, 0.15) is 0 Å². The summed E-state index contributed by atoms with van der Waals surface area (Å²) in [6, 6.07) is 0.610. The molecule has 2 unspecified atom stereocenters. The number of nitrogens with zero attached hydrogens (tertiary/aromatic N) is 2. The first-order valence-corrected chi connectivity index (χ1v) is 7.33. The molecule has 0 saturated carbocycles. The zero-order valence-electron chi connectivity index (χ0n) is 12.4. The van der Waals surface area contributed by atoms with E-state index in [0.717, 1.165) is 45.9 Å². The second-order valence-corrected chi connectivity index (χ2v) is 6.43. The fourth-order valence-electron chi connectivity index (χ4n) is 2.96. The van der Waals surface area contributed by atoms with E-state index in [1.165, 1.54) is 0 Å². The van der Waals surface area contributed by atoms with Gasteiger partial charge in [0.2, 0.25) is 0 Å². The SMILES string of the molecule is CCN1CCOC(CN2CC(C)(C)NCC2C)C1. The Kier molecular flexibility index (Phi) is 4.64. The van der Waals surface area contributed by atoms with Crippen molar-refractivity contribution in [3.8, 4) is 0 Å². The van der Waals surface area contributed by atoms with Gasteiger partial charge in [-0.1, -0.05) is 6.92 Å². The molecule has 2 rings (SSSR count). The summed E-state index contributed by atoms with van der Waals surface area (Å²) in [5.41, 5.74) is 0.228. The maximum atomic E-state index is 5.93. The molecular formula is C14H29N3O. The van der Waals surface area contributed by atoms with Crippen molar-refractivity contribution in [3.05, 3.63) is 0 Å². The molecule has 106 valence electrons. The molecule has 2 atom stereocenters. The Morgan fingerprint density at radius 3 is 2.89 bits per heavy atom. The van der Waals surface area contributed by atoms with E-state index < -0.39 is 0 Å². The highest BCUT2D eigenvalue weighted by molar-refractivity contribution is 4.92. The summed E-state index contributed by atoms with van der Waals surface area (Å²) in [6.45, 7) is 16.6. The molecule has 0 amide bonds. The number of rotatable bonds is 3. The van der Waals surface area contributed by atoms with Crippen LogP contribution in [0, 0.1) is 0 Å². The quantitative estimate of drug-likeness (QED) is 0.806. The third-order valence-corrected chi connectivity index (χ3v) is 4.21. The first-order chi connectivity index (χ1) is 8.50. The maximum absolute atomic E-state index is 5.93. The Morgan fingerprint density at radius 2 is 2.17 bits per heavy atom. The molecule has 0 aliphatic carbocycles. The normalized spacial score (nSPS) is 34.7. The van der Waals surface area contributed by atoms with E-state index in [-0.39, 0.29) is 5.54 Å². The van der Waals surface area contributed by atoms with Crippen molar-refractivity contribution in [2.75, 3.05) is 45.9 Å². The second-order valence-electron chi connectivity index (χ2n) is 6.43. The van der Waals surface area contributed by atoms with Crippen LogP contribution in [0.15, 0.2) is 0 Å². The van der Waals surface area contributed by atoms with Crippen molar-refractivity contribution in [1.82, 2.24) is 15.1 Å². The molecule has 4 nitrogen and oxygen atoms in total. The van der Waals surface area contributed by atoms with Crippen molar-refractivity contribution in [1.29, 1.82) is 0 Å². The fraction of sp³-hybridized carbons (Fsp3) is 1.00. The molecule has 0 radical (unpaired) electrons. The number of morpholine rings is 1. The molecule has 0 aromatic carbocycles. The zero-order chi connectivity index (χ0) is 13.2. The summed E-state index contributed by atoms with van der Waals surface area (Å²) in [7, 11) is 0. The maximum Gasteiger partial charge on any atom is 0.0829 e. The molecular weight excluding hydrogens is 226 g/mol. The Balaban J connectivity index is 1.87. The van der Waals surface area contributed by atoms with Crippen LogP contribution in [0.25, 0.3) is 0 Å². The number of likely N-dealkylation sites (N-methyl/N-ethyl adjacent to an activating group) is 1. The largest absolute Gasteiger partial charge is 0.374 e. The number of ether oxygens (including phenoxy) is 1. The molecule has 2 saturated heterocycles. The van der Waals surface area contributed by atoms with Gasteiger partial charge in [-0.05, 0) is 27.3 Å². The lowest BCUT2D eigenvalue weighted by atomic mass is 9.99. The number of hydrogen-bond acceptors (Lipinski definition) is 4. The molecule has 2 fully saturated rings. The lowest BCUT2D eigenvalue weighted by molar-refractivity contribution is -0.0538. The van der Waals surface area contributed by atoms with Crippen LogP contribution < -0.4 is 5.32 Å². The summed E-state index contributed by atoms with van der Waals surface area (Å²) in [5, 5.41) is 3.60. The highest BCUT2D eigenvalue weighted by Crippen LogP contribution is 2.17. The molecule has 0 aromatic heterocycles. The van der Waals surface area contributed by atoms with E-state index >= 15 is 0 Å². The average Bonchev–Trinajstić information content (AvgIpc) is 2.34. The predicted molar refractivity (Wildman–Crippen MR) is 75.0 cm³/mol. The van der Waals surface area contributed by atoms with Crippen LogP contribution in [0.2, 0.25) is 0 Å². The van der Waals surface area contributed by atoms with E-state index in [4.69, 9.17) is 4.74 Å². The van der Waals surface area contributed by atoms with Crippen LogP contribution >= 0.6 is 0 Å². The number of hydrogen-bond donors (Lipinski definition) is 1. The van der Waals surface area contributed by atoms with Gasteiger partial charge in [0.05, 0.1) is 12.7 Å². The molecule has 0 spiro atoms. The Morgan fingerprint density at radius 1 is 1.39 bits per heavy atom. The van der Waals surface area contributed by atoms with Crippen LogP contribution in [-0.2, 0) is 4.74 Å². The molecule has 2 aliphatic heterocycles. The van der Waals surface area contributed by atoms with E-state index in [9.17, 15) is 0 Å². The van der Waals surface area contributed by atoms with E-state index in [2.05, 4.69) is 42.8 Å². The highest BCUT2D eigenvalue weighted by atomic mass is 16.5. The van der Waals surface area contributed by atoms with E-state index in [1.807, 2.05) is 0 Å². The lowest BCUT2D eigenvalue weighted by Gasteiger charge is -2.45. The van der Waals surface area contributed by atoms with Crippen molar-refractivity contribution < 1.29 is 4.74 Å². The van der Waals surface area contributed by atoms with E-state index in [1.54, 1.807) is 0 Å². The van der Waals surface area contributed by atoms with Gasteiger partial charge >= 0.3 is 0 Å². The van der Waals surface area contributed by atoms with Gasteiger partial charge in [0.25, 0.3) is 0 Å². The van der Waals surface area contributed by atoms with Gasteiger partial charge in [-0.25, -0.2) is 0 Å². The van der Waals surface area contributed by atoms with Gasteiger partial charge < -0.3 is 10.1 Å². The third-order valence-electron chi connectivity index (χ3n) is 4.21. The minimum absolute atomic E-state index is 0.228. The number of piperazine rings is 1. The van der Waals surface area contributed by atoms with Crippen molar-refractivity contribution in [2.45, 2.75) is 45.4 Å². The first-order valence-electron chi connectivity index (χ1n) is 7.33. The minimum atomic E-state index is 0.228. The van der Waals surface area contributed by atoms with Gasteiger partial charge in [0.15, 0.2) is 0 Å². The van der Waals surface area contributed by atoms with Crippen molar-refractivity contribution in [3.63, 3.8) is 0 Å². The smallest absolute Gasteiger partial charge is 0.0829 e. The predicted octanol–water partition coefficient (Wildman–Crippen LogP) is 0.779. The van der Waals surface area contributed by atoms with E-state index in [0.29, 0.717) is 12.1 Å². The second kappa shape index (κ2) is 5.87. The standard InChI is InChI=1S/C14H29N3O/c1-5-16-6-7-18-13(9-16)10-17-11-14(3,4)15-8-12(17)2/h12-13,15H,5-11H2,1-4H3. The van der Waals surface area contributed by atoms with Crippen molar-refractivity contribution >= 4 is 0 Å². The van der Waals surface area contributed by atoms with Crippen LogP contribution in [0.5, 0.6) is 0 Å². The molecule has 4 heteroatoms. The number of nitrogens with one attached hydrogen (secondary N) is 1. The molecule has 18 heavy (non-hydrogen) atoms. The Hall–Kier alpha value is -0.160. The van der Waals surface area contributed by atoms with Crippen LogP contribution in [-0.4, -0.2) is 73.4 Å². The van der Waals surface area contributed by atoms with Crippen LogP contribution in [0.3, 0.4) is 0 Å². The van der Waals surface area contributed by atoms with Crippen LogP contribution in [0.4, 0.5) is 0 Å².